The van der Waals surface area contributed by atoms with E-state index in [2.05, 4.69) is 31.2 Å². The van der Waals surface area contributed by atoms with Crippen molar-refractivity contribution in [2.24, 2.45) is 0 Å². The molecule has 1 N–H and O–H groups in total. The van der Waals surface area contributed by atoms with Gasteiger partial charge in [0.2, 0.25) is 0 Å². The van der Waals surface area contributed by atoms with Gasteiger partial charge in [-0.3, -0.25) is 0 Å². The van der Waals surface area contributed by atoms with Crippen LogP contribution < -0.4 is 0 Å². The number of carboxylic acid groups (broad SMARTS) is 1. The van der Waals surface area contributed by atoms with E-state index >= 15 is 0 Å². The Bertz CT molecular complexity index is 564. The lowest BCUT2D eigenvalue weighted by Gasteiger charge is -1.99. The zero-order valence-corrected chi connectivity index (χ0v) is 10.9. The van der Waals surface area contributed by atoms with Crippen LogP contribution in [-0.4, -0.2) is 11.1 Å². The molecule has 0 aliphatic heterocycles. The van der Waals surface area contributed by atoms with Crippen LogP contribution in [0.2, 0.25) is 0 Å². The summed E-state index contributed by atoms with van der Waals surface area (Å²) in [5.74, 6) is -0.919. The molecular formula is C15H14O2S. The van der Waals surface area contributed by atoms with E-state index in [0.717, 1.165) is 22.3 Å². The van der Waals surface area contributed by atoms with Crippen molar-refractivity contribution in [1.82, 2.24) is 0 Å². The SMILES string of the molecule is CCc1ccc(-c2ccc(/C=C/C(=O)O)s2)cc1. The Morgan fingerprint density at radius 2 is 1.94 bits per heavy atom. The summed E-state index contributed by atoms with van der Waals surface area (Å²) in [7, 11) is 0. The van der Waals surface area contributed by atoms with Gasteiger partial charge in [0.15, 0.2) is 0 Å². The number of hydrogen-bond acceptors (Lipinski definition) is 2. The zero-order valence-electron chi connectivity index (χ0n) is 10.1. The first-order valence-electron chi connectivity index (χ1n) is 5.79. The van der Waals surface area contributed by atoms with Crippen LogP contribution in [0, 0.1) is 0 Å². The average molecular weight is 258 g/mol. The van der Waals surface area contributed by atoms with Crippen molar-refractivity contribution >= 4 is 23.4 Å². The van der Waals surface area contributed by atoms with E-state index in [4.69, 9.17) is 5.11 Å². The summed E-state index contributed by atoms with van der Waals surface area (Å²) in [5.41, 5.74) is 2.49. The summed E-state index contributed by atoms with van der Waals surface area (Å²) in [6.45, 7) is 2.13. The second-order valence-corrected chi connectivity index (χ2v) is 5.04. The number of carboxylic acids is 1. The number of carbonyl (C=O) groups is 1. The van der Waals surface area contributed by atoms with Crippen LogP contribution in [0.1, 0.15) is 17.4 Å². The van der Waals surface area contributed by atoms with Crippen molar-refractivity contribution in [3.63, 3.8) is 0 Å². The molecule has 0 unspecified atom stereocenters. The summed E-state index contributed by atoms with van der Waals surface area (Å²) in [5, 5.41) is 8.57. The van der Waals surface area contributed by atoms with Gasteiger partial charge in [-0.15, -0.1) is 11.3 Å². The standard InChI is InChI=1S/C15H14O2S/c1-2-11-3-5-12(6-4-11)14-9-7-13(18-14)8-10-15(16)17/h3-10H,2H2,1H3,(H,16,17)/b10-8+. The lowest BCUT2D eigenvalue weighted by atomic mass is 10.1. The Kier molecular flexibility index (Phi) is 3.95. The van der Waals surface area contributed by atoms with Gasteiger partial charge in [-0.25, -0.2) is 4.79 Å². The first-order valence-corrected chi connectivity index (χ1v) is 6.61. The maximum absolute atomic E-state index is 10.4. The van der Waals surface area contributed by atoms with Crippen molar-refractivity contribution in [3.8, 4) is 10.4 Å². The Hall–Kier alpha value is -1.87. The quantitative estimate of drug-likeness (QED) is 0.839. The molecule has 2 aromatic rings. The molecule has 1 heterocycles. The predicted molar refractivity (Wildman–Crippen MR) is 75.8 cm³/mol. The molecule has 1 aromatic heterocycles. The first kappa shape index (κ1) is 12.6. The first-order chi connectivity index (χ1) is 8.69. The number of benzene rings is 1. The summed E-state index contributed by atoms with van der Waals surface area (Å²) in [6.07, 6.45) is 3.82. The van der Waals surface area contributed by atoms with Crippen LogP contribution >= 0.6 is 11.3 Å². The van der Waals surface area contributed by atoms with Crippen molar-refractivity contribution in [3.05, 3.63) is 52.9 Å². The van der Waals surface area contributed by atoms with Crippen molar-refractivity contribution in [1.29, 1.82) is 0 Å². The Morgan fingerprint density at radius 1 is 1.22 bits per heavy atom. The molecule has 0 amide bonds. The van der Waals surface area contributed by atoms with Gasteiger partial charge in [-0.2, -0.15) is 0 Å². The van der Waals surface area contributed by atoms with Crippen molar-refractivity contribution in [2.45, 2.75) is 13.3 Å². The molecule has 0 aliphatic carbocycles. The normalized spacial score (nSPS) is 10.9. The molecule has 92 valence electrons. The Labute approximate surface area is 110 Å². The highest BCUT2D eigenvalue weighted by Crippen LogP contribution is 2.29. The van der Waals surface area contributed by atoms with Gasteiger partial charge in [-0.1, -0.05) is 31.2 Å². The lowest BCUT2D eigenvalue weighted by molar-refractivity contribution is -0.131. The molecule has 2 nitrogen and oxygen atoms in total. The van der Waals surface area contributed by atoms with Gasteiger partial charge >= 0.3 is 5.97 Å². The molecule has 0 saturated heterocycles. The molecule has 3 heteroatoms. The fraction of sp³-hybridized carbons (Fsp3) is 0.133. The van der Waals surface area contributed by atoms with E-state index in [1.165, 1.54) is 11.1 Å². The fourth-order valence-electron chi connectivity index (χ4n) is 1.66. The summed E-state index contributed by atoms with van der Waals surface area (Å²) >= 11 is 1.59. The Balaban J connectivity index is 2.20. The van der Waals surface area contributed by atoms with Gasteiger partial charge in [0.1, 0.15) is 0 Å². The van der Waals surface area contributed by atoms with Gasteiger partial charge in [-0.05, 0) is 35.8 Å². The molecule has 0 fully saturated rings. The van der Waals surface area contributed by atoms with Crippen LogP contribution in [-0.2, 0) is 11.2 Å². The highest BCUT2D eigenvalue weighted by molar-refractivity contribution is 7.16. The number of aliphatic carboxylic acids is 1. The minimum absolute atomic E-state index is 0.919. The number of hydrogen-bond donors (Lipinski definition) is 1. The third kappa shape index (κ3) is 3.08. The van der Waals surface area contributed by atoms with Crippen molar-refractivity contribution < 1.29 is 9.90 Å². The minimum Gasteiger partial charge on any atom is -0.478 e. The molecule has 1 aromatic carbocycles. The van der Waals surface area contributed by atoms with E-state index in [0.29, 0.717) is 0 Å². The largest absolute Gasteiger partial charge is 0.478 e. The van der Waals surface area contributed by atoms with Crippen molar-refractivity contribution in [2.75, 3.05) is 0 Å². The molecule has 0 spiro atoms. The molecule has 2 rings (SSSR count). The van der Waals surface area contributed by atoms with Gasteiger partial charge in [0, 0.05) is 15.8 Å². The van der Waals surface area contributed by atoms with Crippen LogP contribution in [0.4, 0.5) is 0 Å². The molecule has 0 aliphatic rings. The van der Waals surface area contributed by atoms with E-state index < -0.39 is 5.97 Å². The number of thiophene rings is 1. The topological polar surface area (TPSA) is 37.3 Å². The highest BCUT2D eigenvalue weighted by atomic mass is 32.1. The predicted octanol–water partition coefficient (Wildman–Crippen LogP) is 4.08. The number of aryl methyl sites for hydroxylation is 1. The van der Waals surface area contributed by atoms with Gasteiger partial charge < -0.3 is 5.11 Å². The smallest absolute Gasteiger partial charge is 0.328 e. The molecular weight excluding hydrogens is 244 g/mol. The molecule has 0 saturated carbocycles. The lowest BCUT2D eigenvalue weighted by Crippen LogP contribution is -1.84. The molecule has 0 radical (unpaired) electrons. The third-order valence-electron chi connectivity index (χ3n) is 2.66. The molecule has 0 bridgehead atoms. The second kappa shape index (κ2) is 5.65. The molecule has 0 atom stereocenters. The van der Waals surface area contributed by atoms with E-state index in [1.807, 2.05) is 12.1 Å². The van der Waals surface area contributed by atoms with E-state index in [1.54, 1.807) is 17.4 Å². The highest BCUT2D eigenvalue weighted by Gasteiger charge is 2.01. The van der Waals surface area contributed by atoms with Crippen LogP contribution in [0.15, 0.2) is 42.5 Å². The summed E-state index contributed by atoms with van der Waals surface area (Å²) in [4.78, 5) is 12.5. The minimum atomic E-state index is -0.919. The van der Waals surface area contributed by atoms with Crippen LogP contribution in [0.25, 0.3) is 16.5 Å². The maximum Gasteiger partial charge on any atom is 0.328 e. The van der Waals surface area contributed by atoms with E-state index in [9.17, 15) is 4.79 Å². The van der Waals surface area contributed by atoms with E-state index in [-0.39, 0.29) is 0 Å². The Morgan fingerprint density at radius 3 is 2.56 bits per heavy atom. The zero-order chi connectivity index (χ0) is 13.0. The second-order valence-electron chi connectivity index (χ2n) is 3.92. The maximum atomic E-state index is 10.4. The summed E-state index contributed by atoms with van der Waals surface area (Å²) in [6, 6.07) is 12.4. The van der Waals surface area contributed by atoms with Gasteiger partial charge in [0.25, 0.3) is 0 Å². The van der Waals surface area contributed by atoms with Crippen LogP contribution in [0.5, 0.6) is 0 Å². The fourth-order valence-corrected chi connectivity index (χ4v) is 2.57. The molecule has 18 heavy (non-hydrogen) atoms. The monoisotopic (exact) mass is 258 g/mol. The van der Waals surface area contributed by atoms with Gasteiger partial charge in [0.05, 0.1) is 0 Å². The average Bonchev–Trinajstić information content (AvgIpc) is 2.85. The number of rotatable bonds is 4. The van der Waals surface area contributed by atoms with Crippen LogP contribution in [0.3, 0.4) is 0 Å². The summed E-state index contributed by atoms with van der Waals surface area (Å²) < 4.78 is 0. The third-order valence-corrected chi connectivity index (χ3v) is 3.76.